The molecule has 0 bridgehead atoms. The molecule has 0 saturated heterocycles. The second kappa shape index (κ2) is 6.22. The lowest BCUT2D eigenvalue weighted by atomic mass is 10.2. The third kappa shape index (κ3) is 3.58. The number of ether oxygens (including phenoxy) is 1. The molecular weight excluding hydrogens is 273 g/mol. The molecule has 112 valence electrons. The number of nitrogens with zero attached hydrogens (tertiary/aromatic N) is 2. The van der Waals surface area contributed by atoms with Crippen LogP contribution in [0.4, 0.5) is 4.39 Å². The lowest BCUT2D eigenvalue weighted by molar-refractivity contribution is 0.240. The van der Waals surface area contributed by atoms with E-state index in [1.54, 1.807) is 6.07 Å². The second-order valence-corrected chi connectivity index (χ2v) is 5.14. The van der Waals surface area contributed by atoms with Gasteiger partial charge in [-0.1, -0.05) is 12.1 Å². The molecule has 0 amide bonds. The minimum Gasteiger partial charge on any atom is -0.483 e. The van der Waals surface area contributed by atoms with E-state index in [4.69, 9.17) is 9.26 Å². The van der Waals surface area contributed by atoms with Crippen LogP contribution in [-0.4, -0.2) is 16.7 Å². The molecule has 5 nitrogen and oxygen atoms in total. The van der Waals surface area contributed by atoms with Crippen LogP contribution in [-0.2, 0) is 13.2 Å². The van der Waals surface area contributed by atoms with Crippen molar-refractivity contribution in [1.82, 2.24) is 15.5 Å². The van der Waals surface area contributed by atoms with E-state index in [1.165, 1.54) is 12.1 Å². The van der Waals surface area contributed by atoms with E-state index >= 15 is 0 Å². The average molecular weight is 291 g/mol. The van der Waals surface area contributed by atoms with E-state index < -0.39 is 0 Å². The Labute approximate surface area is 122 Å². The Kier molecular flexibility index (Phi) is 4.15. The molecule has 6 heteroatoms. The van der Waals surface area contributed by atoms with Gasteiger partial charge in [0.15, 0.2) is 12.4 Å². The minimum absolute atomic E-state index is 0.199. The summed E-state index contributed by atoms with van der Waals surface area (Å²) in [6.45, 7) is 3.56. The Hall–Kier alpha value is -1.95. The van der Waals surface area contributed by atoms with E-state index in [2.05, 4.69) is 15.5 Å². The predicted molar refractivity (Wildman–Crippen MR) is 74.4 cm³/mol. The van der Waals surface area contributed by atoms with Crippen molar-refractivity contribution in [2.24, 2.45) is 0 Å². The van der Waals surface area contributed by atoms with E-state index in [1.807, 2.05) is 6.92 Å². The Bertz CT molecular complexity index is 611. The molecule has 2 aromatic rings. The highest BCUT2D eigenvalue weighted by molar-refractivity contribution is 5.34. The molecule has 3 rings (SSSR count). The third-order valence-electron chi connectivity index (χ3n) is 3.37. The first-order chi connectivity index (χ1) is 10.3. The molecule has 0 atom stereocenters. The number of halogens is 1. The standard InChI is InChI=1S/C15H18FN3O2/c1-2-17-8-11-7-12(16)5-6-13(11)20-9-14-18-15(19-21-14)10-3-4-10/h5-7,10,17H,2-4,8-9H2,1H3. The van der Waals surface area contributed by atoms with Gasteiger partial charge in [-0.15, -0.1) is 0 Å². The molecule has 1 saturated carbocycles. The highest BCUT2D eigenvalue weighted by Crippen LogP contribution is 2.38. The zero-order chi connectivity index (χ0) is 14.7. The van der Waals surface area contributed by atoms with Gasteiger partial charge in [0.1, 0.15) is 11.6 Å². The lowest BCUT2D eigenvalue weighted by Crippen LogP contribution is -2.13. The summed E-state index contributed by atoms with van der Waals surface area (Å²) in [7, 11) is 0. The molecule has 0 spiro atoms. The van der Waals surface area contributed by atoms with Crippen molar-refractivity contribution >= 4 is 0 Å². The minimum atomic E-state index is -0.274. The van der Waals surface area contributed by atoms with Gasteiger partial charge in [-0.05, 0) is 37.6 Å². The summed E-state index contributed by atoms with van der Waals surface area (Å²) in [5.74, 6) is 2.03. The first-order valence-corrected chi connectivity index (χ1v) is 7.20. The van der Waals surface area contributed by atoms with Crippen LogP contribution in [0.2, 0.25) is 0 Å². The number of hydrogen-bond donors (Lipinski definition) is 1. The number of hydrogen-bond acceptors (Lipinski definition) is 5. The number of rotatable bonds is 7. The van der Waals surface area contributed by atoms with Crippen molar-refractivity contribution in [1.29, 1.82) is 0 Å². The van der Waals surface area contributed by atoms with Gasteiger partial charge in [0.05, 0.1) is 0 Å². The molecule has 21 heavy (non-hydrogen) atoms. The van der Waals surface area contributed by atoms with Gasteiger partial charge in [0.2, 0.25) is 0 Å². The smallest absolute Gasteiger partial charge is 0.264 e. The summed E-state index contributed by atoms with van der Waals surface area (Å²) in [5.41, 5.74) is 0.777. The zero-order valence-electron chi connectivity index (χ0n) is 11.9. The van der Waals surface area contributed by atoms with Crippen LogP contribution in [0.15, 0.2) is 22.7 Å². The molecular formula is C15H18FN3O2. The monoisotopic (exact) mass is 291 g/mol. The fraction of sp³-hybridized carbons (Fsp3) is 0.467. The molecule has 0 aliphatic heterocycles. The van der Waals surface area contributed by atoms with Gasteiger partial charge in [-0.25, -0.2) is 4.39 Å². The maximum Gasteiger partial charge on any atom is 0.264 e. The highest BCUT2D eigenvalue weighted by Gasteiger charge is 2.28. The fourth-order valence-electron chi connectivity index (χ4n) is 2.06. The van der Waals surface area contributed by atoms with E-state index in [0.29, 0.717) is 24.1 Å². The SMILES string of the molecule is CCNCc1cc(F)ccc1OCc1nc(C2CC2)no1. The number of nitrogens with one attached hydrogen (secondary N) is 1. The lowest BCUT2D eigenvalue weighted by Gasteiger charge is -2.10. The summed E-state index contributed by atoms with van der Waals surface area (Å²) in [4.78, 5) is 4.30. The van der Waals surface area contributed by atoms with E-state index in [-0.39, 0.29) is 12.4 Å². The molecule has 1 aromatic carbocycles. The Balaban J connectivity index is 1.65. The van der Waals surface area contributed by atoms with Gasteiger partial charge in [0.25, 0.3) is 5.89 Å². The van der Waals surface area contributed by atoms with Crippen molar-refractivity contribution in [2.75, 3.05) is 6.54 Å². The van der Waals surface area contributed by atoms with Crippen LogP contribution in [0.5, 0.6) is 5.75 Å². The van der Waals surface area contributed by atoms with E-state index in [9.17, 15) is 4.39 Å². The van der Waals surface area contributed by atoms with Crippen molar-refractivity contribution in [3.63, 3.8) is 0 Å². The second-order valence-electron chi connectivity index (χ2n) is 5.14. The number of aromatic nitrogens is 2. The maximum absolute atomic E-state index is 13.3. The van der Waals surface area contributed by atoms with Crippen LogP contribution in [0.3, 0.4) is 0 Å². The number of benzene rings is 1. The van der Waals surface area contributed by atoms with E-state index in [0.717, 1.165) is 30.8 Å². The fourth-order valence-corrected chi connectivity index (χ4v) is 2.06. The third-order valence-corrected chi connectivity index (χ3v) is 3.37. The van der Waals surface area contributed by atoms with Crippen molar-refractivity contribution in [3.8, 4) is 5.75 Å². The largest absolute Gasteiger partial charge is 0.483 e. The predicted octanol–water partition coefficient (Wildman–Crippen LogP) is 2.77. The summed E-state index contributed by atoms with van der Waals surface area (Å²) in [6.07, 6.45) is 2.26. The van der Waals surface area contributed by atoms with Gasteiger partial charge >= 0.3 is 0 Å². The summed E-state index contributed by atoms with van der Waals surface area (Å²) in [5, 5.41) is 7.10. The average Bonchev–Trinajstić information content (AvgIpc) is 3.23. The molecule has 1 heterocycles. The molecule has 1 N–H and O–H groups in total. The molecule has 0 unspecified atom stereocenters. The maximum atomic E-state index is 13.3. The quantitative estimate of drug-likeness (QED) is 0.850. The first kappa shape index (κ1) is 14.0. The van der Waals surface area contributed by atoms with Crippen LogP contribution in [0, 0.1) is 5.82 Å². The molecule has 0 radical (unpaired) electrons. The Morgan fingerprint density at radius 2 is 2.29 bits per heavy atom. The van der Waals surface area contributed by atoms with Gasteiger partial charge in [0, 0.05) is 18.0 Å². The summed E-state index contributed by atoms with van der Waals surface area (Å²) >= 11 is 0. The van der Waals surface area contributed by atoms with Crippen molar-refractivity contribution in [2.45, 2.75) is 38.8 Å². The van der Waals surface area contributed by atoms with Crippen molar-refractivity contribution < 1.29 is 13.7 Å². The normalized spacial score (nSPS) is 14.4. The van der Waals surface area contributed by atoms with Crippen LogP contribution < -0.4 is 10.1 Å². The van der Waals surface area contributed by atoms with Crippen LogP contribution >= 0.6 is 0 Å². The molecule has 1 aromatic heterocycles. The topological polar surface area (TPSA) is 60.2 Å². The summed E-state index contributed by atoms with van der Waals surface area (Å²) < 4.78 is 24.2. The van der Waals surface area contributed by atoms with Crippen LogP contribution in [0.25, 0.3) is 0 Å². The van der Waals surface area contributed by atoms with Crippen molar-refractivity contribution in [3.05, 3.63) is 41.3 Å². The summed E-state index contributed by atoms with van der Waals surface area (Å²) in [6, 6.07) is 4.48. The first-order valence-electron chi connectivity index (χ1n) is 7.20. The molecule has 1 fully saturated rings. The molecule has 1 aliphatic carbocycles. The van der Waals surface area contributed by atoms with Gasteiger partial charge in [-0.3, -0.25) is 0 Å². The Morgan fingerprint density at radius 1 is 1.43 bits per heavy atom. The molecule has 1 aliphatic rings. The van der Waals surface area contributed by atoms with Crippen LogP contribution in [0.1, 0.15) is 43.0 Å². The highest BCUT2D eigenvalue weighted by atomic mass is 19.1. The zero-order valence-corrected chi connectivity index (χ0v) is 11.9. The van der Waals surface area contributed by atoms with Gasteiger partial charge in [-0.2, -0.15) is 4.98 Å². The van der Waals surface area contributed by atoms with Gasteiger partial charge < -0.3 is 14.6 Å². The Morgan fingerprint density at radius 3 is 3.05 bits per heavy atom.